The van der Waals surface area contributed by atoms with Gasteiger partial charge in [0.05, 0.1) is 13.1 Å². The van der Waals surface area contributed by atoms with Crippen LogP contribution in [0.4, 0.5) is 5.82 Å². The van der Waals surface area contributed by atoms with Gasteiger partial charge in [-0.05, 0) is 49.6 Å². The first-order valence-electron chi connectivity index (χ1n) is 9.75. The number of aliphatic imine (C=N–C) groups is 1. The Morgan fingerprint density at radius 1 is 1.14 bits per heavy atom. The van der Waals surface area contributed by atoms with E-state index in [9.17, 15) is 0 Å². The van der Waals surface area contributed by atoms with Crippen molar-refractivity contribution >= 4 is 35.8 Å². The highest BCUT2D eigenvalue weighted by molar-refractivity contribution is 14.0. The molecule has 2 heterocycles. The van der Waals surface area contributed by atoms with Crippen LogP contribution in [0.3, 0.4) is 0 Å². The number of pyridine rings is 1. The minimum absolute atomic E-state index is 0. The summed E-state index contributed by atoms with van der Waals surface area (Å²) in [6.45, 7) is 6.99. The number of halogens is 1. The molecule has 1 aromatic carbocycles. The predicted octanol–water partition coefficient (Wildman–Crippen LogP) is 3.43. The van der Waals surface area contributed by atoms with Crippen LogP contribution in [0.25, 0.3) is 0 Å². The average molecular weight is 495 g/mol. The molecule has 1 saturated heterocycles. The lowest BCUT2D eigenvalue weighted by atomic mass is 10.2. The van der Waals surface area contributed by atoms with Gasteiger partial charge in [-0.1, -0.05) is 18.2 Å². The van der Waals surface area contributed by atoms with Crippen LogP contribution in [-0.4, -0.2) is 43.7 Å². The van der Waals surface area contributed by atoms with Gasteiger partial charge in [-0.3, -0.25) is 0 Å². The van der Waals surface area contributed by atoms with Gasteiger partial charge < -0.3 is 20.3 Å². The number of aromatic nitrogens is 1. The van der Waals surface area contributed by atoms with Crippen molar-refractivity contribution in [1.82, 2.24) is 15.6 Å². The fourth-order valence-corrected chi connectivity index (χ4v) is 3.05. The molecule has 2 N–H and O–H groups in total. The van der Waals surface area contributed by atoms with Gasteiger partial charge in [-0.15, -0.1) is 24.0 Å². The van der Waals surface area contributed by atoms with E-state index >= 15 is 0 Å². The summed E-state index contributed by atoms with van der Waals surface area (Å²) >= 11 is 0. The molecule has 0 radical (unpaired) electrons. The zero-order chi connectivity index (χ0) is 18.7. The zero-order valence-electron chi connectivity index (χ0n) is 16.4. The van der Waals surface area contributed by atoms with E-state index in [1.165, 1.54) is 18.4 Å². The molecule has 1 aromatic heterocycles. The van der Waals surface area contributed by atoms with Crippen LogP contribution >= 0.6 is 24.0 Å². The van der Waals surface area contributed by atoms with Crippen LogP contribution in [0, 0.1) is 0 Å². The summed E-state index contributed by atoms with van der Waals surface area (Å²) in [6, 6.07) is 14.0. The standard InChI is InChI=1S/C21H29N5O.HI/c1-2-22-21(24-12-15-27-19-8-4-3-5-9-19)25-17-18-10-11-23-20(16-18)26-13-6-7-14-26;/h3-5,8-11,16H,2,6-7,12-15,17H2,1H3,(H2,22,24,25);1H. The van der Waals surface area contributed by atoms with Gasteiger partial charge in [-0.25, -0.2) is 9.98 Å². The largest absolute Gasteiger partial charge is 0.492 e. The van der Waals surface area contributed by atoms with E-state index < -0.39 is 0 Å². The normalized spacial score (nSPS) is 13.8. The summed E-state index contributed by atoms with van der Waals surface area (Å²) in [4.78, 5) is 11.5. The molecule has 0 bridgehead atoms. The molecule has 1 aliphatic rings. The topological polar surface area (TPSA) is 61.8 Å². The number of hydrogen-bond acceptors (Lipinski definition) is 4. The maximum atomic E-state index is 5.71. The monoisotopic (exact) mass is 495 g/mol. The predicted molar refractivity (Wildman–Crippen MR) is 126 cm³/mol. The van der Waals surface area contributed by atoms with Crippen molar-refractivity contribution in [3.63, 3.8) is 0 Å². The molecule has 0 aliphatic carbocycles. The van der Waals surface area contributed by atoms with Crippen LogP contribution in [0.5, 0.6) is 5.75 Å². The summed E-state index contributed by atoms with van der Waals surface area (Å²) < 4.78 is 5.71. The van der Waals surface area contributed by atoms with Crippen molar-refractivity contribution in [2.24, 2.45) is 4.99 Å². The number of hydrogen-bond donors (Lipinski definition) is 2. The molecule has 0 spiro atoms. The van der Waals surface area contributed by atoms with Gasteiger partial charge in [0.15, 0.2) is 5.96 Å². The third kappa shape index (κ3) is 7.18. The van der Waals surface area contributed by atoms with Crippen molar-refractivity contribution in [2.45, 2.75) is 26.3 Å². The Kier molecular flexibility index (Phi) is 9.88. The fraction of sp³-hybridized carbons (Fsp3) is 0.429. The second-order valence-electron chi connectivity index (χ2n) is 6.50. The number of ether oxygens (including phenoxy) is 1. The molecule has 1 aliphatic heterocycles. The van der Waals surface area contributed by atoms with Crippen LogP contribution in [0.1, 0.15) is 25.3 Å². The maximum absolute atomic E-state index is 5.71. The van der Waals surface area contributed by atoms with E-state index in [4.69, 9.17) is 4.74 Å². The lowest BCUT2D eigenvalue weighted by Crippen LogP contribution is -2.39. The maximum Gasteiger partial charge on any atom is 0.191 e. The minimum atomic E-state index is 0. The highest BCUT2D eigenvalue weighted by Crippen LogP contribution is 2.18. The highest BCUT2D eigenvalue weighted by Gasteiger charge is 2.13. The highest BCUT2D eigenvalue weighted by atomic mass is 127. The Labute approximate surface area is 184 Å². The molecule has 3 rings (SSSR count). The first-order valence-corrected chi connectivity index (χ1v) is 9.75. The molecule has 2 aromatic rings. The van der Waals surface area contributed by atoms with E-state index in [-0.39, 0.29) is 24.0 Å². The summed E-state index contributed by atoms with van der Waals surface area (Å²) in [5.74, 6) is 2.75. The van der Waals surface area contributed by atoms with E-state index in [2.05, 4.69) is 38.5 Å². The van der Waals surface area contributed by atoms with Crippen molar-refractivity contribution in [3.8, 4) is 5.75 Å². The number of rotatable bonds is 8. The molecule has 28 heavy (non-hydrogen) atoms. The van der Waals surface area contributed by atoms with E-state index in [1.54, 1.807) is 0 Å². The lowest BCUT2D eigenvalue weighted by Gasteiger charge is -2.16. The Hall–Kier alpha value is -2.03. The number of para-hydroxylation sites is 1. The van der Waals surface area contributed by atoms with Gasteiger partial charge in [0.25, 0.3) is 0 Å². The number of nitrogens with zero attached hydrogens (tertiary/aromatic N) is 3. The molecule has 0 atom stereocenters. The third-order valence-corrected chi connectivity index (χ3v) is 4.41. The number of benzene rings is 1. The van der Waals surface area contributed by atoms with Crippen LogP contribution in [-0.2, 0) is 6.54 Å². The second-order valence-corrected chi connectivity index (χ2v) is 6.50. The number of nitrogens with one attached hydrogen (secondary N) is 2. The molecular formula is C21H30IN5O. The van der Waals surface area contributed by atoms with Gasteiger partial charge in [0, 0.05) is 25.8 Å². The zero-order valence-corrected chi connectivity index (χ0v) is 18.8. The third-order valence-electron chi connectivity index (χ3n) is 4.41. The smallest absolute Gasteiger partial charge is 0.191 e. The van der Waals surface area contributed by atoms with Gasteiger partial charge in [0.2, 0.25) is 0 Å². The first kappa shape index (κ1) is 22.3. The van der Waals surface area contributed by atoms with Crippen molar-refractivity contribution in [1.29, 1.82) is 0 Å². The number of guanidine groups is 1. The Morgan fingerprint density at radius 2 is 1.93 bits per heavy atom. The van der Waals surface area contributed by atoms with Crippen LogP contribution < -0.4 is 20.3 Å². The number of anilines is 1. The van der Waals surface area contributed by atoms with Gasteiger partial charge >= 0.3 is 0 Å². The van der Waals surface area contributed by atoms with Crippen LogP contribution in [0.2, 0.25) is 0 Å². The molecule has 0 saturated carbocycles. The molecule has 0 amide bonds. The Balaban J connectivity index is 0.00000280. The fourth-order valence-electron chi connectivity index (χ4n) is 3.05. The molecule has 1 fully saturated rings. The summed E-state index contributed by atoms with van der Waals surface area (Å²) in [5.41, 5.74) is 1.17. The van der Waals surface area contributed by atoms with Crippen molar-refractivity contribution in [3.05, 3.63) is 54.2 Å². The molecule has 7 heteroatoms. The lowest BCUT2D eigenvalue weighted by molar-refractivity contribution is 0.322. The second kappa shape index (κ2) is 12.4. The quantitative estimate of drug-likeness (QED) is 0.254. The van der Waals surface area contributed by atoms with E-state index in [0.717, 1.165) is 37.2 Å². The van der Waals surface area contributed by atoms with Crippen LogP contribution in [0.15, 0.2) is 53.7 Å². The summed E-state index contributed by atoms with van der Waals surface area (Å²) in [6.07, 6.45) is 4.39. The van der Waals surface area contributed by atoms with E-state index in [0.29, 0.717) is 19.7 Å². The van der Waals surface area contributed by atoms with Crippen molar-refractivity contribution < 1.29 is 4.74 Å². The summed E-state index contributed by atoms with van der Waals surface area (Å²) in [5, 5.41) is 6.60. The summed E-state index contributed by atoms with van der Waals surface area (Å²) in [7, 11) is 0. The molecule has 6 nitrogen and oxygen atoms in total. The van der Waals surface area contributed by atoms with E-state index in [1.807, 2.05) is 42.6 Å². The SMILES string of the molecule is CCNC(=NCc1ccnc(N2CCCC2)c1)NCCOc1ccccc1.I. The Bertz CT molecular complexity index is 720. The molecule has 0 unspecified atom stereocenters. The Morgan fingerprint density at radius 3 is 2.68 bits per heavy atom. The van der Waals surface area contributed by atoms with Gasteiger partial charge in [0.1, 0.15) is 18.2 Å². The van der Waals surface area contributed by atoms with Crippen molar-refractivity contribution in [2.75, 3.05) is 37.7 Å². The minimum Gasteiger partial charge on any atom is -0.492 e. The average Bonchev–Trinajstić information content (AvgIpc) is 3.25. The van der Waals surface area contributed by atoms with Gasteiger partial charge in [-0.2, -0.15) is 0 Å². The first-order chi connectivity index (χ1) is 13.3. The molecule has 152 valence electrons. The molecular weight excluding hydrogens is 465 g/mol.